The average molecular weight is 427 g/mol. The van der Waals surface area contributed by atoms with Gasteiger partial charge in [-0.15, -0.1) is 0 Å². The highest BCUT2D eigenvalue weighted by atomic mass is 19.1. The van der Waals surface area contributed by atoms with E-state index in [1.807, 2.05) is 18.7 Å². The Morgan fingerprint density at radius 2 is 2.10 bits per heavy atom. The Balaban J connectivity index is 1.87. The summed E-state index contributed by atoms with van der Waals surface area (Å²) in [7, 11) is 0. The second kappa shape index (κ2) is 9.12. The van der Waals surface area contributed by atoms with E-state index in [-0.39, 0.29) is 29.6 Å². The van der Waals surface area contributed by atoms with E-state index in [9.17, 15) is 19.2 Å². The largest absolute Gasteiger partial charge is 0.365 e. The normalized spacial score (nSPS) is 15.5. The third kappa shape index (κ3) is 4.99. The van der Waals surface area contributed by atoms with Crippen LogP contribution in [0.3, 0.4) is 0 Å². The summed E-state index contributed by atoms with van der Waals surface area (Å²) in [5.41, 5.74) is 5.36. The lowest BCUT2D eigenvalue weighted by Gasteiger charge is -2.41. The number of nitrogens with two attached hydrogens (primary N) is 1. The van der Waals surface area contributed by atoms with Crippen molar-refractivity contribution in [2.24, 2.45) is 11.7 Å². The molecule has 31 heavy (non-hydrogen) atoms. The second-order valence-corrected chi connectivity index (χ2v) is 8.23. The van der Waals surface area contributed by atoms with Crippen LogP contribution in [0.25, 0.3) is 0 Å². The lowest BCUT2D eigenvalue weighted by Crippen LogP contribution is -2.48. The van der Waals surface area contributed by atoms with Crippen LogP contribution in [0.2, 0.25) is 0 Å². The van der Waals surface area contributed by atoms with Crippen molar-refractivity contribution in [1.29, 1.82) is 5.26 Å². The topological polar surface area (TPSA) is 130 Å². The monoisotopic (exact) mass is 427 g/mol. The van der Waals surface area contributed by atoms with Gasteiger partial charge in [0.2, 0.25) is 11.9 Å². The number of piperidine rings is 1. The Morgan fingerprint density at radius 3 is 2.68 bits per heavy atom. The number of carbonyl (C=O) groups is 2. The van der Waals surface area contributed by atoms with Gasteiger partial charge in [-0.25, -0.2) is 4.98 Å². The molecule has 0 bridgehead atoms. The fraction of sp³-hybridized carbons (Fsp3) is 0.476. The minimum absolute atomic E-state index is 0.0981. The molecule has 0 unspecified atom stereocenters. The zero-order valence-corrected chi connectivity index (χ0v) is 17.6. The first-order chi connectivity index (χ1) is 14.7. The number of nitrogens with one attached hydrogen (secondary N) is 1. The van der Waals surface area contributed by atoms with Gasteiger partial charge in [-0.05, 0) is 24.8 Å². The van der Waals surface area contributed by atoms with Gasteiger partial charge in [0, 0.05) is 43.7 Å². The smallest absolute Gasteiger partial charge is 0.254 e. The molecule has 1 aliphatic rings. The number of carbonyl (C=O) groups excluding carboxylic acids is 2. The minimum Gasteiger partial charge on any atom is -0.365 e. The molecule has 0 saturated carbocycles. The van der Waals surface area contributed by atoms with E-state index in [0.29, 0.717) is 38.0 Å². The molecule has 1 fully saturated rings. The number of pyridine rings is 1. The van der Waals surface area contributed by atoms with Crippen LogP contribution in [0.1, 0.15) is 49.9 Å². The molecule has 3 rings (SSSR count). The van der Waals surface area contributed by atoms with Crippen molar-refractivity contribution in [3.63, 3.8) is 0 Å². The second-order valence-electron chi connectivity index (χ2n) is 8.23. The molecule has 2 aromatic heterocycles. The molecular formula is C21H26FN7O2. The Kier molecular flexibility index (Phi) is 6.53. The first kappa shape index (κ1) is 22.2. The van der Waals surface area contributed by atoms with Gasteiger partial charge in [0.25, 0.3) is 5.91 Å². The zero-order chi connectivity index (χ0) is 22.6. The molecule has 1 aliphatic heterocycles. The van der Waals surface area contributed by atoms with Gasteiger partial charge >= 0.3 is 0 Å². The summed E-state index contributed by atoms with van der Waals surface area (Å²) < 4.78 is 15.0. The van der Waals surface area contributed by atoms with Gasteiger partial charge in [0.15, 0.2) is 5.82 Å². The van der Waals surface area contributed by atoms with Gasteiger partial charge in [-0.3, -0.25) is 14.3 Å². The van der Waals surface area contributed by atoms with E-state index < -0.39 is 17.4 Å². The summed E-state index contributed by atoms with van der Waals surface area (Å²) >= 11 is 0. The number of primary amides is 1. The summed E-state index contributed by atoms with van der Waals surface area (Å²) in [6.07, 6.45) is 4.50. The molecule has 10 heteroatoms. The molecule has 164 valence electrons. The average Bonchev–Trinajstić information content (AvgIpc) is 3.13. The van der Waals surface area contributed by atoms with Crippen LogP contribution >= 0.6 is 0 Å². The maximum atomic E-state index is 13.4. The maximum Gasteiger partial charge on any atom is 0.254 e. The number of aromatic nitrogens is 3. The van der Waals surface area contributed by atoms with Crippen molar-refractivity contribution in [3.05, 3.63) is 36.0 Å². The molecule has 3 N–H and O–H groups in total. The van der Waals surface area contributed by atoms with Crippen molar-refractivity contribution in [1.82, 2.24) is 19.7 Å². The number of hydrogen-bond acceptors (Lipinski definition) is 6. The molecule has 3 heterocycles. The minimum atomic E-state index is -0.695. The van der Waals surface area contributed by atoms with Gasteiger partial charge < -0.3 is 16.0 Å². The Labute approximate surface area is 180 Å². The Hall–Kier alpha value is -3.48. The first-order valence-electron chi connectivity index (χ1n) is 10.2. The molecule has 9 nitrogen and oxygen atoms in total. The van der Waals surface area contributed by atoms with Crippen LogP contribution in [-0.2, 0) is 10.3 Å². The van der Waals surface area contributed by atoms with Crippen LogP contribution in [-0.4, -0.2) is 44.6 Å². The molecule has 0 aliphatic carbocycles. The molecule has 0 radical (unpaired) electrons. The van der Waals surface area contributed by atoms with Gasteiger partial charge in [-0.2, -0.15) is 14.8 Å². The number of nitriles is 1. The Morgan fingerprint density at radius 1 is 1.39 bits per heavy atom. The van der Waals surface area contributed by atoms with Crippen LogP contribution in [0.5, 0.6) is 0 Å². The van der Waals surface area contributed by atoms with Gasteiger partial charge in [0.1, 0.15) is 5.56 Å². The van der Waals surface area contributed by atoms with Crippen molar-refractivity contribution in [3.8, 4) is 6.07 Å². The van der Waals surface area contributed by atoms with E-state index in [0.717, 1.165) is 0 Å². The van der Waals surface area contributed by atoms with E-state index in [2.05, 4.69) is 21.5 Å². The summed E-state index contributed by atoms with van der Waals surface area (Å²) in [6.45, 7) is 4.99. The van der Waals surface area contributed by atoms with Crippen LogP contribution in [0, 0.1) is 23.2 Å². The standard InChI is InChI=1S/C21H26FN7O2/c1-14(2)11-18(30)28-9-5-21(4-7-23,6-10-28)29-13-16(19(24)31)20(27-29)26-15-3-8-25-17(22)12-15/h3,8,12-14H,4-6,9-11H2,1-2H3,(H2,24,31)(H,25,26,27). The number of anilines is 2. The van der Waals surface area contributed by atoms with E-state index >= 15 is 0 Å². The lowest BCUT2D eigenvalue weighted by molar-refractivity contribution is -0.134. The number of hydrogen-bond donors (Lipinski definition) is 2. The molecular weight excluding hydrogens is 401 g/mol. The molecule has 2 aromatic rings. The highest BCUT2D eigenvalue weighted by Gasteiger charge is 2.39. The lowest BCUT2D eigenvalue weighted by atomic mass is 9.84. The van der Waals surface area contributed by atoms with Crippen molar-refractivity contribution in [2.75, 3.05) is 18.4 Å². The first-order valence-corrected chi connectivity index (χ1v) is 10.2. The van der Waals surface area contributed by atoms with Crippen LogP contribution in [0.15, 0.2) is 24.5 Å². The van der Waals surface area contributed by atoms with E-state index in [4.69, 9.17) is 5.73 Å². The SMILES string of the molecule is CC(C)CC(=O)N1CCC(CC#N)(n2cc(C(N)=O)c(Nc3ccnc(F)c3)n2)CC1. The van der Waals surface area contributed by atoms with Gasteiger partial charge in [-0.1, -0.05) is 13.8 Å². The third-order valence-corrected chi connectivity index (χ3v) is 5.49. The van der Waals surface area contributed by atoms with Gasteiger partial charge in [0.05, 0.1) is 18.0 Å². The van der Waals surface area contributed by atoms with Crippen LogP contribution < -0.4 is 11.1 Å². The molecule has 1 saturated heterocycles. The number of amides is 2. The number of halogens is 1. The highest BCUT2D eigenvalue weighted by molar-refractivity contribution is 5.98. The quantitative estimate of drug-likeness (QED) is 0.653. The molecule has 0 atom stereocenters. The summed E-state index contributed by atoms with van der Waals surface area (Å²) in [5, 5.41) is 16.9. The summed E-state index contributed by atoms with van der Waals surface area (Å²) in [4.78, 5) is 29.7. The molecule has 0 aromatic carbocycles. The zero-order valence-electron chi connectivity index (χ0n) is 17.6. The molecule has 2 amide bonds. The van der Waals surface area contributed by atoms with Crippen molar-refractivity contribution < 1.29 is 14.0 Å². The molecule has 0 spiro atoms. The highest BCUT2D eigenvalue weighted by Crippen LogP contribution is 2.35. The fourth-order valence-electron chi connectivity index (χ4n) is 3.79. The third-order valence-electron chi connectivity index (χ3n) is 5.49. The predicted octanol–water partition coefficient (Wildman–Crippen LogP) is 2.54. The van der Waals surface area contributed by atoms with Crippen molar-refractivity contribution >= 4 is 23.3 Å². The van der Waals surface area contributed by atoms with Crippen molar-refractivity contribution in [2.45, 2.75) is 45.1 Å². The number of rotatable bonds is 7. The van der Waals surface area contributed by atoms with E-state index in [1.54, 1.807) is 4.68 Å². The number of likely N-dealkylation sites (tertiary alicyclic amines) is 1. The maximum absolute atomic E-state index is 13.4. The summed E-state index contributed by atoms with van der Waals surface area (Å²) in [6, 6.07) is 4.92. The Bertz CT molecular complexity index is 1000. The summed E-state index contributed by atoms with van der Waals surface area (Å²) in [5.74, 6) is -0.826. The predicted molar refractivity (Wildman–Crippen MR) is 112 cm³/mol. The van der Waals surface area contributed by atoms with Crippen LogP contribution in [0.4, 0.5) is 15.9 Å². The van der Waals surface area contributed by atoms with E-state index in [1.165, 1.54) is 24.5 Å². The fourth-order valence-corrected chi connectivity index (χ4v) is 3.79. The number of nitrogens with zero attached hydrogens (tertiary/aromatic N) is 5.